The second kappa shape index (κ2) is 10.9. The Balaban J connectivity index is 2.18. The Bertz CT molecular complexity index is 643. The van der Waals surface area contributed by atoms with Gasteiger partial charge in [0.15, 0.2) is 0 Å². The minimum atomic E-state index is -0.228. The van der Waals surface area contributed by atoms with Crippen molar-refractivity contribution in [3.05, 3.63) is 53.7 Å². The van der Waals surface area contributed by atoms with E-state index >= 15 is 0 Å². The van der Waals surface area contributed by atoms with Crippen LogP contribution in [0.3, 0.4) is 0 Å². The van der Waals surface area contributed by atoms with Crippen LogP contribution >= 0.6 is 0 Å². The normalized spacial score (nSPS) is 11.0. The van der Waals surface area contributed by atoms with Gasteiger partial charge in [0, 0.05) is 0 Å². The second-order valence-electron chi connectivity index (χ2n) is 7.24. The fourth-order valence-corrected chi connectivity index (χ4v) is 5.90. The molecule has 27 heavy (non-hydrogen) atoms. The Morgan fingerprint density at radius 2 is 0.963 bits per heavy atom. The Hall–Kier alpha value is -1.23. The maximum absolute atomic E-state index is 5.92. The van der Waals surface area contributed by atoms with Crippen LogP contribution in [0.1, 0.15) is 61.8 Å². The maximum atomic E-state index is 5.92. The fraction of sp³-hybridized carbons (Fsp3) is 0.500. The van der Waals surface area contributed by atoms with Crippen molar-refractivity contribution in [2.75, 3.05) is 13.2 Å². The molecular weight excluding hydrogens is 447 g/mol. The van der Waals surface area contributed by atoms with Gasteiger partial charge in [-0.25, -0.2) is 0 Å². The topological polar surface area (TPSA) is 18.5 Å². The third-order valence-corrected chi connectivity index (χ3v) is 9.02. The van der Waals surface area contributed by atoms with Crippen LogP contribution in [-0.4, -0.2) is 13.2 Å². The van der Waals surface area contributed by atoms with Crippen molar-refractivity contribution in [3.8, 4) is 11.5 Å². The molecule has 0 aliphatic heterocycles. The van der Waals surface area contributed by atoms with Gasteiger partial charge in [0.2, 0.25) is 0 Å². The van der Waals surface area contributed by atoms with E-state index in [0.29, 0.717) is 0 Å². The molecule has 0 bridgehead atoms. The van der Waals surface area contributed by atoms with Gasteiger partial charge in [0.1, 0.15) is 0 Å². The molecule has 0 N–H and O–H groups in total. The van der Waals surface area contributed by atoms with E-state index in [2.05, 4.69) is 65.8 Å². The van der Waals surface area contributed by atoms with Gasteiger partial charge in [-0.15, -0.1) is 0 Å². The molecule has 0 amide bonds. The summed E-state index contributed by atoms with van der Waals surface area (Å²) >= 11 is -0.228. The fourth-order valence-electron chi connectivity index (χ4n) is 3.04. The van der Waals surface area contributed by atoms with Crippen molar-refractivity contribution in [3.63, 3.8) is 0 Å². The van der Waals surface area contributed by atoms with Gasteiger partial charge in [0.05, 0.1) is 0 Å². The molecule has 0 saturated heterocycles. The first kappa shape index (κ1) is 22.1. The predicted molar refractivity (Wildman–Crippen MR) is 110 cm³/mol. The van der Waals surface area contributed by atoms with Crippen LogP contribution < -0.4 is 30.7 Å². The van der Waals surface area contributed by atoms with Gasteiger partial charge in [-0.2, -0.15) is 0 Å². The quantitative estimate of drug-likeness (QED) is 0.383. The number of ether oxygens (including phenoxy) is 2. The van der Waals surface area contributed by atoms with E-state index in [9.17, 15) is 0 Å². The zero-order valence-electron chi connectivity index (χ0n) is 17.7. The summed E-state index contributed by atoms with van der Waals surface area (Å²) in [7, 11) is 0. The van der Waals surface area contributed by atoms with Gasteiger partial charge in [0.25, 0.3) is 0 Å². The first-order chi connectivity index (χ1) is 13.0. The summed E-state index contributed by atoms with van der Waals surface area (Å²) in [6.45, 7) is 14.9. The van der Waals surface area contributed by atoms with E-state index < -0.39 is 0 Å². The molecule has 0 radical (unpaired) electrons. The second-order valence-corrected chi connectivity index (χ2v) is 9.94. The monoisotopic (exact) mass is 481 g/mol. The van der Waals surface area contributed by atoms with E-state index in [4.69, 9.17) is 9.47 Å². The molecule has 3 heteroatoms. The summed E-state index contributed by atoms with van der Waals surface area (Å²) in [5, 5.41) is 0. The third-order valence-electron chi connectivity index (χ3n) is 4.54. The molecule has 0 fully saturated rings. The van der Waals surface area contributed by atoms with Crippen molar-refractivity contribution in [1.82, 2.24) is 0 Å². The van der Waals surface area contributed by atoms with Crippen LogP contribution in [0.5, 0.6) is 11.5 Å². The summed E-state index contributed by atoms with van der Waals surface area (Å²) in [4.78, 5) is 0. The number of benzene rings is 2. The summed E-state index contributed by atoms with van der Waals surface area (Å²) in [5.74, 6) is 2.03. The molecule has 2 rings (SSSR count). The molecule has 0 heterocycles. The molecule has 0 aliphatic carbocycles. The number of unbranched alkanes of at least 4 members (excludes halogenated alkanes) is 2. The minimum absolute atomic E-state index is 0.228. The summed E-state index contributed by atoms with van der Waals surface area (Å²) in [5.41, 5.74) is 5.43. The van der Waals surface area contributed by atoms with Crippen LogP contribution in [0.2, 0.25) is 0 Å². The number of hydrogen-bond donors (Lipinski definition) is 0. The van der Waals surface area contributed by atoms with Gasteiger partial charge in [-0.3, -0.25) is 0 Å². The molecule has 0 aliphatic rings. The average Bonchev–Trinajstić information content (AvgIpc) is 2.60. The molecule has 2 aromatic rings. The molecule has 0 spiro atoms. The van der Waals surface area contributed by atoms with E-state index in [1.165, 1.54) is 29.4 Å². The van der Waals surface area contributed by atoms with Crippen molar-refractivity contribution in [2.45, 2.75) is 67.2 Å². The molecule has 150 valence electrons. The Labute approximate surface area is 175 Å². The first-order valence-electron chi connectivity index (χ1n) is 10.1. The van der Waals surface area contributed by atoms with Crippen LogP contribution in [0.15, 0.2) is 24.3 Å². The number of aryl methyl sites for hydroxylation is 4. The number of halogens is 1. The van der Waals surface area contributed by atoms with Gasteiger partial charge < -0.3 is 0 Å². The van der Waals surface area contributed by atoms with Gasteiger partial charge >= 0.3 is 176 Å². The van der Waals surface area contributed by atoms with Gasteiger partial charge in [-0.05, 0) is 0 Å². The molecular formula is C24H34IO2-. The number of rotatable bonds is 10. The van der Waals surface area contributed by atoms with Crippen molar-refractivity contribution >= 4 is 0 Å². The zero-order valence-corrected chi connectivity index (χ0v) is 19.9. The summed E-state index contributed by atoms with van der Waals surface area (Å²) in [6.07, 6.45) is 4.55. The van der Waals surface area contributed by atoms with Crippen LogP contribution in [0, 0.1) is 34.8 Å². The molecule has 0 saturated carbocycles. The third kappa shape index (κ3) is 6.41. The van der Waals surface area contributed by atoms with E-state index in [1.807, 2.05) is 0 Å². The molecule has 0 unspecified atom stereocenters. The van der Waals surface area contributed by atoms with Crippen molar-refractivity contribution in [2.24, 2.45) is 0 Å². The average molecular weight is 481 g/mol. The standard InChI is InChI=1S/C24H34IO2/c1-7-9-11-26-21-13-17(3)23(18(4)14-21)25-24-19(5)15-22(16-20(24)6)27-12-10-8-2/h13-16H,7-12H2,1-6H3/q-1. The van der Waals surface area contributed by atoms with E-state index in [1.54, 1.807) is 0 Å². The van der Waals surface area contributed by atoms with E-state index in [0.717, 1.165) is 50.4 Å². The number of hydrogen-bond acceptors (Lipinski definition) is 2. The van der Waals surface area contributed by atoms with Crippen LogP contribution in [0.25, 0.3) is 0 Å². The van der Waals surface area contributed by atoms with E-state index in [-0.39, 0.29) is 21.2 Å². The first-order valence-corrected chi connectivity index (χ1v) is 12.2. The zero-order chi connectivity index (χ0) is 19.8. The Morgan fingerprint density at radius 1 is 0.630 bits per heavy atom. The predicted octanol–water partition coefficient (Wildman–Crippen LogP) is 3.41. The summed E-state index contributed by atoms with van der Waals surface area (Å²) < 4.78 is 14.9. The molecule has 2 aromatic carbocycles. The Morgan fingerprint density at radius 3 is 1.26 bits per heavy atom. The molecule has 0 atom stereocenters. The Kier molecular flexibility index (Phi) is 8.94. The molecule has 2 nitrogen and oxygen atoms in total. The molecule has 0 aromatic heterocycles. The van der Waals surface area contributed by atoms with Crippen LogP contribution in [-0.2, 0) is 0 Å². The van der Waals surface area contributed by atoms with Crippen molar-refractivity contribution in [1.29, 1.82) is 0 Å². The SMILES string of the molecule is CCCCOc1cc(C)c([I-]c2c(C)cc(OCCCC)cc2C)c(C)c1. The summed E-state index contributed by atoms with van der Waals surface area (Å²) in [6, 6.07) is 8.85. The van der Waals surface area contributed by atoms with Gasteiger partial charge in [-0.1, -0.05) is 0 Å². The van der Waals surface area contributed by atoms with Crippen LogP contribution in [0.4, 0.5) is 0 Å². The van der Waals surface area contributed by atoms with Crippen molar-refractivity contribution < 1.29 is 30.7 Å².